The third-order valence-electron chi connectivity index (χ3n) is 17.3. The molecular formula is C70H86FN9O13. The molecule has 93 heavy (non-hydrogen) atoms. The van der Waals surface area contributed by atoms with E-state index in [1.54, 1.807) is 60.5 Å². The van der Waals surface area contributed by atoms with Crippen molar-refractivity contribution in [1.82, 2.24) is 45.9 Å². The Kier molecular flexibility index (Phi) is 25.0. The lowest BCUT2D eigenvalue weighted by Gasteiger charge is -2.33. The molecular weight excluding hydrogens is 1190 g/mol. The van der Waals surface area contributed by atoms with E-state index in [0.29, 0.717) is 73.1 Å². The number of amides is 8. The maximum Gasteiger partial charge on any atom is 0.306 e. The standard InChI is InChI=1S/C70H86FN9O13/c1-7-9-10-32-78(61(83)26-27-62(84)92-6)41-48-18-16-46(17-19-48)28-30-72-66(86)58-15-12-33-79(58)69(89)55(37-47-20-23-53(91-5)24-21-47)75-67(87)63(45(4)81)76-68(88)64-59-29-34-80(64)70(90)56(38-51-42-77(31-8-2)57-25-22-52(71)39-54(51)57)74-65(85)44(3)35-49-13-11-14-50(36-49)40-73-60(82)43-93-59/h7-8,11,13-14,16-25,36,39,42,44-45,55-56,58-59,63-64,81H,1-2,9-10,12,15,26-35,37-38,40-41,43H2,3-6H3,(H,72,86)(H,73,82)(H,74,85)(H,75,87)(H,76,88)/t44-,45+,55-,56-,58-,59-,63-,64-/m0/s1. The first kappa shape index (κ1) is 69.7. The number of nitrogens with zero attached hydrogens (tertiary/aromatic N) is 4. The normalized spacial score (nSPS) is 19.5. The average Bonchev–Trinajstić information content (AvgIpc) is 1.67. The Balaban J connectivity index is 1.000. The molecule has 22 nitrogen and oxygen atoms in total. The molecule has 0 spiro atoms. The lowest BCUT2D eigenvalue weighted by atomic mass is 9.97. The Morgan fingerprint density at radius 1 is 0.882 bits per heavy atom. The fourth-order valence-electron chi connectivity index (χ4n) is 12.2. The summed E-state index contributed by atoms with van der Waals surface area (Å²) in [5.74, 6) is -5.89. The zero-order valence-corrected chi connectivity index (χ0v) is 53.4. The molecule has 2 fully saturated rings. The number of aliphatic hydroxyl groups excluding tert-OH is 1. The minimum atomic E-state index is -1.75. The lowest BCUT2D eigenvalue weighted by Crippen LogP contribution is -2.62. The summed E-state index contributed by atoms with van der Waals surface area (Å²) in [6.07, 6.45) is 5.26. The number of esters is 1. The molecule has 0 saturated carbocycles. The van der Waals surface area contributed by atoms with Gasteiger partial charge in [-0.1, -0.05) is 79.7 Å². The van der Waals surface area contributed by atoms with E-state index in [4.69, 9.17) is 14.2 Å². The molecule has 2 saturated heterocycles. The number of methoxy groups -OCH3 is 2. The SMILES string of the molecule is C=CCCCN(Cc1ccc(CCNC(=O)[C@@H]2CCCN2C(=O)[C@H](Cc2ccc(OC)cc2)NC(=O)[C@@H](NC(=O)[C@@H]2[C@@H]3CCN2C(=O)[C@H](Cc2cn(CC=C)c4ccc(F)cc24)NC(=O)[C@@H](C)Cc2cccc(c2)CNC(=O)CO3)[C@@H](C)O)cc1)C(=O)CCC(=O)OC. The number of aliphatic hydroxyl groups is 1. The van der Waals surface area contributed by atoms with Crippen molar-refractivity contribution in [2.75, 3.05) is 47.0 Å². The molecule has 8 rings (SSSR count). The summed E-state index contributed by atoms with van der Waals surface area (Å²) in [6, 6.07) is 19.3. The van der Waals surface area contributed by atoms with Gasteiger partial charge in [-0.05, 0) is 116 Å². The van der Waals surface area contributed by atoms with Gasteiger partial charge in [0.15, 0.2) is 0 Å². The number of likely N-dealkylation sites (tertiary alicyclic amines) is 1. The number of rotatable bonds is 26. The van der Waals surface area contributed by atoms with Crippen LogP contribution in [0.15, 0.2) is 123 Å². The van der Waals surface area contributed by atoms with Gasteiger partial charge in [0.25, 0.3) is 0 Å². The van der Waals surface area contributed by atoms with Gasteiger partial charge in [-0.25, -0.2) is 4.39 Å². The van der Waals surface area contributed by atoms with Crippen LogP contribution in [-0.2, 0) is 97.9 Å². The van der Waals surface area contributed by atoms with Gasteiger partial charge in [0.1, 0.15) is 48.4 Å². The number of hydrogen-bond acceptors (Lipinski definition) is 13. The quantitative estimate of drug-likeness (QED) is 0.0250. The first-order chi connectivity index (χ1) is 44.8. The Labute approximate surface area is 541 Å². The number of aromatic nitrogens is 1. The van der Waals surface area contributed by atoms with Crippen molar-refractivity contribution in [2.24, 2.45) is 5.92 Å². The first-order valence-corrected chi connectivity index (χ1v) is 31.8. The highest BCUT2D eigenvalue weighted by Gasteiger charge is 2.47. The maximum atomic E-state index is 15.4. The van der Waals surface area contributed by atoms with E-state index in [9.17, 15) is 38.7 Å². The molecule has 3 aliphatic heterocycles. The van der Waals surface area contributed by atoms with Gasteiger partial charge >= 0.3 is 5.97 Å². The number of fused-ring (bicyclic) bond motifs is 5. The second-order valence-electron chi connectivity index (χ2n) is 24.0. The number of carbonyl (C=O) groups is 9. The number of hydrogen-bond donors (Lipinski definition) is 6. The van der Waals surface area contributed by atoms with Crippen LogP contribution in [0.1, 0.15) is 92.2 Å². The summed E-state index contributed by atoms with van der Waals surface area (Å²) in [7, 11) is 2.79. The molecule has 0 radical (unpaired) electrons. The van der Waals surface area contributed by atoms with E-state index in [2.05, 4.69) is 39.7 Å². The van der Waals surface area contributed by atoms with Crippen LogP contribution in [0.25, 0.3) is 10.9 Å². The molecule has 3 aliphatic rings. The molecule has 496 valence electrons. The summed E-state index contributed by atoms with van der Waals surface area (Å²) in [6.45, 7) is 11.7. The van der Waals surface area contributed by atoms with Crippen LogP contribution in [0.4, 0.5) is 4.39 Å². The second-order valence-corrected chi connectivity index (χ2v) is 24.0. The van der Waals surface area contributed by atoms with E-state index in [0.717, 1.165) is 28.7 Å². The topological polar surface area (TPSA) is 276 Å². The van der Waals surface area contributed by atoms with Crippen molar-refractivity contribution in [2.45, 2.75) is 147 Å². The molecule has 5 aromatic rings. The second kappa shape index (κ2) is 33.4. The van der Waals surface area contributed by atoms with Gasteiger partial charge in [0.2, 0.25) is 47.3 Å². The number of benzene rings is 4. The van der Waals surface area contributed by atoms with Crippen LogP contribution >= 0.6 is 0 Å². The van der Waals surface area contributed by atoms with Crippen LogP contribution in [-0.4, -0.2) is 167 Å². The minimum absolute atomic E-state index is 0.0180. The molecule has 8 atom stereocenters. The highest BCUT2D eigenvalue weighted by Crippen LogP contribution is 2.29. The Morgan fingerprint density at radius 3 is 2.34 bits per heavy atom. The van der Waals surface area contributed by atoms with Gasteiger partial charge in [0, 0.05) is 88.1 Å². The zero-order valence-electron chi connectivity index (χ0n) is 53.4. The van der Waals surface area contributed by atoms with Crippen LogP contribution in [0.5, 0.6) is 5.75 Å². The monoisotopic (exact) mass is 1280 g/mol. The predicted molar refractivity (Wildman–Crippen MR) is 345 cm³/mol. The Bertz CT molecular complexity index is 3500. The number of carbonyl (C=O) groups excluding carboxylic acids is 9. The third kappa shape index (κ3) is 18.7. The molecule has 0 unspecified atom stereocenters. The maximum absolute atomic E-state index is 15.4. The third-order valence-corrected chi connectivity index (χ3v) is 17.3. The van der Waals surface area contributed by atoms with Crippen LogP contribution < -0.4 is 31.3 Å². The van der Waals surface area contributed by atoms with Gasteiger partial charge in [-0.15, -0.1) is 13.2 Å². The van der Waals surface area contributed by atoms with Gasteiger partial charge in [-0.3, -0.25) is 43.2 Å². The van der Waals surface area contributed by atoms with Gasteiger partial charge < -0.3 is 65.2 Å². The van der Waals surface area contributed by atoms with Gasteiger partial charge in [0.05, 0.1) is 32.8 Å². The van der Waals surface area contributed by atoms with Crippen LogP contribution in [0.2, 0.25) is 0 Å². The zero-order chi connectivity index (χ0) is 66.7. The smallest absolute Gasteiger partial charge is 0.306 e. The molecule has 4 aromatic carbocycles. The van der Waals surface area contributed by atoms with E-state index in [1.165, 1.54) is 43.1 Å². The van der Waals surface area contributed by atoms with Gasteiger partial charge in [-0.2, -0.15) is 0 Å². The van der Waals surface area contributed by atoms with Crippen LogP contribution in [0, 0.1) is 11.7 Å². The molecule has 23 heteroatoms. The summed E-state index contributed by atoms with van der Waals surface area (Å²) < 4.78 is 33.1. The largest absolute Gasteiger partial charge is 0.497 e. The van der Waals surface area contributed by atoms with Crippen molar-refractivity contribution in [3.05, 3.63) is 162 Å². The predicted octanol–water partition coefficient (Wildman–Crippen LogP) is 4.69. The number of nitrogens with one attached hydrogen (secondary N) is 5. The van der Waals surface area contributed by atoms with Crippen molar-refractivity contribution in [3.63, 3.8) is 0 Å². The van der Waals surface area contributed by atoms with E-state index in [-0.39, 0.29) is 70.6 Å². The van der Waals surface area contributed by atoms with Crippen molar-refractivity contribution < 1.29 is 66.9 Å². The van der Waals surface area contributed by atoms with Crippen LogP contribution in [0.3, 0.4) is 0 Å². The molecule has 4 heterocycles. The number of halogens is 1. The Hall–Kier alpha value is -9.22. The van der Waals surface area contributed by atoms with E-state index >= 15 is 14.0 Å². The fraction of sp³-hybridized carbons (Fsp3) is 0.443. The number of unbranched alkanes of at least 4 members (excludes halogenated alkanes) is 1. The van der Waals surface area contributed by atoms with E-state index < -0.39 is 108 Å². The highest BCUT2D eigenvalue weighted by molar-refractivity contribution is 5.98. The minimum Gasteiger partial charge on any atom is -0.497 e. The lowest BCUT2D eigenvalue weighted by molar-refractivity contribution is -0.147. The molecule has 0 aliphatic carbocycles. The molecule has 4 bridgehead atoms. The summed E-state index contributed by atoms with van der Waals surface area (Å²) >= 11 is 0. The van der Waals surface area contributed by atoms with Crippen molar-refractivity contribution in [1.29, 1.82) is 0 Å². The molecule has 6 N–H and O–H groups in total. The van der Waals surface area contributed by atoms with E-state index in [1.807, 2.05) is 53.1 Å². The first-order valence-electron chi connectivity index (χ1n) is 31.8. The molecule has 1 aromatic heterocycles. The van der Waals surface area contributed by atoms with Crippen molar-refractivity contribution >= 4 is 64.1 Å². The average molecular weight is 1280 g/mol. The summed E-state index contributed by atoms with van der Waals surface area (Å²) in [5.41, 5.74) is 5.14. The summed E-state index contributed by atoms with van der Waals surface area (Å²) in [5, 5.41) is 26.1. The van der Waals surface area contributed by atoms with Crippen molar-refractivity contribution in [3.8, 4) is 5.75 Å². The summed E-state index contributed by atoms with van der Waals surface area (Å²) in [4.78, 5) is 131. The fourth-order valence-corrected chi connectivity index (χ4v) is 12.2. The Morgan fingerprint density at radius 2 is 1.62 bits per heavy atom. The number of allylic oxidation sites excluding steroid dienone is 2. The molecule has 8 amide bonds. The highest BCUT2D eigenvalue weighted by atomic mass is 19.1. The number of ether oxygens (including phenoxy) is 3.